The molecule has 40 heavy (non-hydrogen) atoms. The zero-order valence-electron chi connectivity index (χ0n) is 23.9. The Kier molecular flexibility index (Phi) is 7.98. The first-order valence-electron chi connectivity index (χ1n) is 15.0. The molecular formula is C29H42N8O3. The zero-order valence-corrected chi connectivity index (χ0v) is 23.9. The molecule has 11 heteroatoms. The Morgan fingerprint density at radius 1 is 1.10 bits per heavy atom. The van der Waals surface area contributed by atoms with Crippen LogP contribution in [0.1, 0.15) is 77.2 Å². The van der Waals surface area contributed by atoms with Gasteiger partial charge in [0.2, 0.25) is 11.9 Å². The van der Waals surface area contributed by atoms with E-state index >= 15 is 0 Å². The van der Waals surface area contributed by atoms with Crippen molar-refractivity contribution < 1.29 is 14.3 Å². The summed E-state index contributed by atoms with van der Waals surface area (Å²) in [5.41, 5.74) is 1.94. The topological polar surface area (TPSA) is 109 Å². The minimum Gasteiger partial charge on any atom is -0.445 e. The molecule has 2 aromatic heterocycles. The van der Waals surface area contributed by atoms with Crippen molar-refractivity contribution in [2.45, 2.75) is 102 Å². The molecule has 4 saturated heterocycles. The molecule has 0 aliphatic carbocycles. The lowest BCUT2D eigenvalue weighted by atomic mass is 9.98. The molecule has 0 spiro atoms. The molecule has 4 aliphatic rings. The number of likely N-dealkylation sites (tertiary alicyclic amines) is 1. The van der Waals surface area contributed by atoms with Crippen LogP contribution in [0.3, 0.4) is 0 Å². The van der Waals surface area contributed by atoms with Crippen LogP contribution in [0, 0.1) is 11.8 Å². The quantitative estimate of drug-likeness (QED) is 0.501. The van der Waals surface area contributed by atoms with E-state index < -0.39 is 0 Å². The van der Waals surface area contributed by atoms with Crippen molar-refractivity contribution >= 4 is 23.6 Å². The summed E-state index contributed by atoms with van der Waals surface area (Å²) in [6.45, 7) is 10.1. The summed E-state index contributed by atoms with van der Waals surface area (Å²) in [4.78, 5) is 27.3. The number of ether oxygens (including phenoxy) is 2. The summed E-state index contributed by atoms with van der Waals surface area (Å²) in [5, 5.41) is 11.9. The Bertz CT molecular complexity index is 1250. The lowest BCUT2D eigenvalue weighted by Gasteiger charge is -2.39. The molecule has 2 bridgehead atoms. The predicted molar refractivity (Wildman–Crippen MR) is 152 cm³/mol. The van der Waals surface area contributed by atoms with Crippen molar-refractivity contribution in [3.8, 4) is 11.8 Å². The number of aromatic nitrogens is 4. The number of hydrogen-bond donors (Lipinski definition) is 2. The van der Waals surface area contributed by atoms with E-state index in [-0.39, 0.29) is 30.3 Å². The molecule has 4 aliphatic heterocycles. The highest BCUT2D eigenvalue weighted by Gasteiger charge is 2.45. The Morgan fingerprint density at radius 3 is 2.60 bits per heavy atom. The fourth-order valence-electron chi connectivity index (χ4n) is 6.69. The number of hydrogen-bond acceptors (Lipinski definition) is 9. The summed E-state index contributed by atoms with van der Waals surface area (Å²) < 4.78 is 13.4. The van der Waals surface area contributed by atoms with Gasteiger partial charge in [-0.1, -0.05) is 19.8 Å². The monoisotopic (exact) mass is 550 g/mol. The van der Waals surface area contributed by atoms with E-state index in [0.29, 0.717) is 23.9 Å². The van der Waals surface area contributed by atoms with Crippen LogP contribution in [-0.4, -0.2) is 98.6 Å². The van der Waals surface area contributed by atoms with E-state index in [1.165, 1.54) is 0 Å². The Labute approximate surface area is 236 Å². The second kappa shape index (κ2) is 11.8. The Balaban J connectivity index is 1.14. The summed E-state index contributed by atoms with van der Waals surface area (Å²) in [7, 11) is 0. The molecule has 1 amide bonds. The SMILES string of the molecule is CC#CCN1CCC(OC(=O)N2C3CCC2CC(Nc2nc(NC4CCOCC4)nc4c(C(C)C)cnn24)C3)C1. The van der Waals surface area contributed by atoms with Gasteiger partial charge in [0.1, 0.15) is 6.10 Å². The third kappa shape index (κ3) is 5.70. The molecule has 11 nitrogen and oxygen atoms in total. The van der Waals surface area contributed by atoms with Crippen LogP contribution in [0.2, 0.25) is 0 Å². The normalized spacial score (nSPS) is 27.1. The van der Waals surface area contributed by atoms with Crippen molar-refractivity contribution in [1.82, 2.24) is 29.4 Å². The second-order valence-electron chi connectivity index (χ2n) is 12.0. The number of anilines is 2. The number of fused-ring (bicyclic) bond motifs is 3. The van der Waals surface area contributed by atoms with E-state index in [4.69, 9.17) is 19.4 Å². The van der Waals surface area contributed by atoms with Crippen molar-refractivity contribution in [1.29, 1.82) is 0 Å². The Hall–Kier alpha value is -3.10. The fraction of sp³-hybridized carbons (Fsp3) is 0.724. The van der Waals surface area contributed by atoms with Crippen molar-refractivity contribution in [3.63, 3.8) is 0 Å². The van der Waals surface area contributed by atoms with Crippen molar-refractivity contribution in [3.05, 3.63) is 11.8 Å². The standard InChI is InChI=1S/C29H42N8O3/c1-4-5-11-35-12-8-24(18-35)40-29(38)36-22-6-7-23(36)16-21(15-22)32-28-34-27(31-20-9-13-39-14-10-20)33-26-25(19(2)3)17-30-37(26)28/h17,19-24H,6-16,18H2,1-3H3,(H2,31,32,33,34). The van der Waals surface area contributed by atoms with Gasteiger partial charge in [-0.2, -0.15) is 19.6 Å². The maximum atomic E-state index is 13.3. The third-order valence-electron chi connectivity index (χ3n) is 8.83. The Morgan fingerprint density at radius 2 is 1.88 bits per heavy atom. The maximum absolute atomic E-state index is 13.3. The molecule has 4 fully saturated rings. The number of nitrogens with zero attached hydrogens (tertiary/aromatic N) is 6. The number of nitrogens with one attached hydrogen (secondary N) is 2. The average molecular weight is 551 g/mol. The first-order chi connectivity index (χ1) is 19.5. The molecule has 0 aromatic carbocycles. The fourth-order valence-corrected chi connectivity index (χ4v) is 6.69. The van der Waals surface area contributed by atoms with E-state index in [2.05, 4.69) is 46.3 Å². The largest absolute Gasteiger partial charge is 0.445 e. The highest BCUT2D eigenvalue weighted by atomic mass is 16.6. The van der Waals surface area contributed by atoms with Gasteiger partial charge in [-0.05, 0) is 57.8 Å². The highest BCUT2D eigenvalue weighted by molar-refractivity contribution is 5.69. The summed E-state index contributed by atoms with van der Waals surface area (Å²) in [6, 6.07) is 0.837. The summed E-state index contributed by atoms with van der Waals surface area (Å²) in [5.74, 6) is 7.69. The second-order valence-corrected chi connectivity index (χ2v) is 12.0. The van der Waals surface area contributed by atoms with Crippen molar-refractivity contribution in [2.75, 3.05) is 43.5 Å². The molecule has 2 aromatic rings. The lowest BCUT2D eigenvalue weighted by molar-refractivity contribution is 0.0405. The molecule has 6 heterocycles. The first-order valence-corrected chi connectivity index (χ1v) is 15.0. The van der Waals surface area contributed by atoms with Crippen LogP contribution in [0.25, 0.3) is 5.65 Å². The zero-order chi connectivity index (χ0) is 27.6. The average Bonchev–Trinajstić information content (AvgIpc) is 3.64. The van der Waals surface area contributed by atoms with E-state index in [1.807, 2.05) is 22.5 Å². The third-order valence-corrected chi connectivity index (χ3v) is 8.83. The number of piperidine rings is 1. The van der Waals surface area contributed by atoms with Gasteiger partial charge in [0.15, 0.2) is 5.65 Å². The maximum Gasteiger partial charge on any atom is 0.410 e. The molecule has 3 unspecified atom stereocenters. The molecule has 216 valence electrons. The van der Waals surface area contributed by atoms with Crippen LogP contribution < -0.4 is 10.6 Å². The summed E-state index contributed by atoms with van der Waals surface area (Å²) >= 11 is 0. The molecule has 6 rings (SSSR count). The molecular weight excluding hydrogens is 508 g/mol. The number of carbonyl (C=O) groups excluding carboxylic acids is 1. The molecule has 0 saturated carbocycles. The minimum absolute atomic E-state index is 0.0488. The van der Waals surface area contributed by atoms with Gasteiger partial charge in [-0.15, -0.1) is 5.92 Å². The predicted octanol–water partition coefficient (Wildman–Crippen LogP) is 3.48. The van der Waals surface area contributed by atoms with E-state index in [1.54, 1.807) is 0 Å². The summed E-state index contributed by atoms with van der Waals surface area (Å²) in [6.07, 6.45) is 8.20. The minimum atomic E-state index is -0.152. The van der Waals surface area contributed by atoms with Gasteiger partial charge < -0.3 is 25.0 Å². The van der Waals surface area contributed by atoms with Crippen LogP contribution in [0.5, 0.6) is 0 Å². The van der Waals surface area contributed by atoms with E-state index in [0.717, 1.165) is 89.0 Å². The van der Waals surface area contributed by atoms with Gasteiger partial charge in [0.05, 0.1) is 12.7 Å². The number of amides is 1. The van der Waals surface area contributed by atoms with Gasteiger partial charge in [0.25, 0.3) is 0 Å². The van der Waals surface area contributed by atoms with E-state index in [9.17, 15) is 4.79 Å². The smallest absolute Gasteiger partial charge is 0.410 e. The van der Waals surface area contributed by atoms with Crippen molar-refractivity contribution in [2.24, 2.45) is 0 Å². The number of rotatable bonds is 7. The van der Waals surface area contributed by atoms with Crippen LogP contribution in [-0.2, 0) is 9.47 Å². The van der Waals surface area contributed by atoms with Crippen LogP contribution in [0.4, 0.5) is 16.7 Å². The van der Waals surface area contributed by atoms with Gasteiger partial charge >= 0.3 is 6.09 Å². The van der Waals surface area contributed by atoms with Gasteiger partial charge in [-0.3, -0.25) is 4.90 Å². The molecule has 2 N–H and O–H groups in total. The number of carbonyl (C=O) groups is 1. The van der Waals surface area contributed by atoms with Crippen LogP contribution in [0.15, 0.2) is 6.20 Å². The van der Waals surface area contributed by atoms with Crippen LogP contribution >= 0.6 is 0 Å². The van der Waals surface area contributed by atoms with Gasteiger partial charge in [-0.25, -0.2) is 4.79 Å². The molecule has 3 atom stereocenters. The lowest BCUT2D eigenvalue weighted by Crippen LogP contribution is -2.50. The highest BCUT2D eigenvalue weighted by Crippen LogP contribution is 2.38. The first kappa shape index (κ1) is 27.1. The molecule has 0 radical (unpaired) electrons. The van der Waals surface area contributed by atoms with Gasteiger partial charge in [0, 0.05) is 56.0 Å².